The minimum atomic E-state index is -4.40. The number of nitrogens with one attached hydrogen (secondary N) is 1. The second-order valence-electron chi connectivity index (χ2n) is 7.11. The highest BCUT2D eigenvalue weighted by atomic mass is 32.1. The highest BCUT2D eigenvalue weighted by Crippen LogP contribution is 2.36. The molecule has 1 fully saturated rings. The van der Waals surface area contributed by atoms with Crippen molar-refractivity contribution < 1.29 is 18.0 Å². The van der Waals surface area contributed by atoms with E-state index in [-0.39, 0.29) is 18.0 Å². The van der Waals surface area contributed by atoms with Crippen molar-refractivity contribution in [2.45, 2.75) is 50.4 Å². The van der Waals surface area contributed by atoms with Gasteiger partial charge in [0.25, 0.3) is 0 Å². The molecule has 0 bridgehead atoms. The number of fused-ring (bicyclic) bond motifs is 1. The molecular weight excluding hydrogens is 379 g/mol. The highest BCUT2D eigenvalue weighted by Gasteiger charge is 2.36. The molecule has 2 aromatic heterocycles. The summed E-state index contributed by atoms with van der Waals surface area (Å²) in [6.07, 6.45) is 1.30. The third-order valence-corrected chi connectivity index (χ3v) is 6.31. The number of carbonyl (C=O) groups excluding carboxylic acids is 1. The Kier molecular flexibility index (Phi) is 4.61. The Labute approximate surface area is 158 Å². The molecule has 0 radical (unpaired) electrons. The predicted octanol–water partition coefficient (Wildman–Crippen LogP) is 3.95. The van der Waals surface area contributed by atoms with Crippen molar-refractivity contribution in [3.63, 3.8) is 0 Å². The standard InChI is InChI=1S/C17H20F3N5OS/c1-10-8-12(14-21-4-7-25(10)14)22-16(26)24-5-2-11(3-6-24)15-23-13(9-27-15)17(18,19)20/h4,7,9-12H,2-3,5-6,8H2,1H3,(H,22,26)/t10-,12-/m1/s1. The van der Waals surface area contributed by atoms with E-state index < -0.39 is 11.9 Å². The minimum Gasteiger partial charge on any atom is -0.330 e. The van der Waals surface area contributed by atoms with Gasteiger partial charge in [-0.1, -0.05) is 0 Å². The molecule has 4 rings (SSSR count). The number of piperidine rings is 1. The monoisotopic (exact) mass is 399 g/mol. The van der Waals surface area contributed by atoms with Crippen LogP contribution in [0.1, 0.15) is 60.7 Å². The maximum atomic E-state index is 12.7. The summed E-state index contributed by atoms with van der Waals surface area (Å²) >= 11 is 1.05. The summed E-state index contributed by atoms with van der Waals surface area (Å²) in [5, 5.41) is 4.62. The van der Waals surface area contributed by atoms with Gasteiger partial charge in [0.15, 0.2) is 5.69 Å². The number of hydrogen-bond acceptors (Lipinski definition) is 4. The minimum absolute atomic E-state index is 0.0273. The molecule has 2 atom stereocenters. The third kappa shape index (κ3) is 3.54. The SMILES string of the molecule is C[C@@H]1C[C@@H](NC(=O)N2CCC(c3nc(C(F)(F)F)cs3)CC2)c2nccn21. The van der Waals surface area contributed by atoms with Crippen LogP contribution in [-0.2, 0) is 6.18 Å². The number of carbonyl (C=O) groups is 1. The molecule has 27 heavy (non-hydrogen) atoms. The molecule has 10 heteroatoms. The Morgan fingerprint density at radius 2 is 2.07 bits per heavy atom. The first kappa shape index (κ1) is 18.3. The largest absolute Gasteiger partial charge is 0.434 e. The molecule has 2 amide bonds. The second kappa shape index (κ2) is 6.81. The molecule has 0 aromatic carbocycles. The van der Waals surface area contributed by atoms with Gasteiger partial charge in [-0.25, -0.2) is 14.8 Å². The van der Waals surface area contributed by atoms with E-state index in [1.54, 1.807) is 11.1 Å². The van der Waals surface area contributed by atoms with E-state index in [1.165, 1.54) is 0 Å². The summed E-state index contributed by atoms with van der Waals surface area (Å²) in [5.74, 6) is 0.841. The number of rotatable bonds is 2. The van der Waals surface area contributed by atoms with Crippen molar-refractivity contribution in [3.05, 3.63) is 34.3 Å². The quantitative estimate of drug-likeness (QED) is 0.832. The van der Waals surface area contributed by atoms with Crippen molar-refractivity contribution in [2.24, 2.45) is 0 Å². The molecule has 1 N–H and O–H groups in total. The Morgan fingerprint density at radius 1 is 1.33 bits per heavy atom. The fourth-order valence-corrected chi connectivity index (χ4v) is 4.82. The average molecular weight is 399 g/mol. The van der Waals surface area contributed by atoms with Crippen LogP contribution in [0.25, 0.3) is 0 Å². The summed E-state index contributed by atoms with van der Waals surface area (Å²) in [5.41, 5.74) is -0.825. The molecule has 1 saturated heterocycles. The fourth-order valence-electron chi connectivity index (χ4n) is 3.83. The Morgan fingerprint density at radius 3 is 2.74 bits per heavy atom. The van der Waals surface area contributed by atoms with Gasteiger partial charge in [0, 0.05) is 42.8 Å². The fraction of sp³-hybridized carbons (Fsp3) is 0.588. The van der Waals surface area contributed by atoms with Crippen LogP contribution >= 0.6 is 11.3 Å². The van der Waals surface area contributed by atoms with Gasteiger partial charge in [0.2, 0.25) is 0 Å². The van der Waals surface area contributed by atoms with Crippen molar-refractivity contribution in [3.8, 4) is 0 Å². The summed E-state index contributed by atoms with van der Waals surface area (Å²) in [6, 6.07) is 0.0528. The summed E-state index contributed by atoms with van der Waals surface area (Å²) < 4.78 is 40.2. The molecule has 2 aliphatic rings. The first-order chi connectivity index (χ1) is 12.8. The maximum Gasteiger partial charge on any atom is 0.434 e. The van der Waals surface area contributed by atoms with Crippen LogP contribution in [0.5, 0.6) is 0 Å². The van der Waals surface area contributed by atoms with Crippen molar-refractivity contribution in [1.82, 2.24) is 24.8 Å². The van der Waals surface area contributed by atoms with Crippen molar-refractivity contribution in [1.29, 1.82) is 0 Å². The zero-order valence-electron chi connectivity index (χ0n) is 14.7. The van der Waals surface area contributed by atoms with Crippen LogP contribution in [0.4, 0.5) is 18.0 Å². The number of likely N-dealkylation sites (tertiary alicyclic amines) is 1. The van der Waals surface area contributed by atoms with Gasteiger partial charge in [-0.2, -0.15) is 13.2 Å². The normalized spacial score (nSPS) is 23.5. The maximum absolute atomic E-state index is 12.7. The number of amides is 2. The first-order valence-corrected chi connectivity index (χ1v) is 9.81. The van der Waals surface area contributed by atoms with Gasteiger partial charge in [0.05, 0.1) is 11.0 Å². The topological polar surface area (TPSA) is 63.1 Å². The molecule has 6 nitrogen and oxygen atoms in total. The zero-order chi connectivity index (χ0) is 19.2. The summed E-state index contributed by atoms with van der Waals surface area (Å²) in [7, 11) is 0. The van der Waals surface area contributed by atoms with E-state index in [4.69, 9.17) is 0 Å². The van der Waals surface area contributed by atoms with Crippen LogP contribution < -0.4 is 5.32 Å². The molecule has 2 aliphatic heterocycles. The van der Waals surface area contributed by atoms with Gasteiger partial charge in [-0.15, -0.1) is 11.3 Å². The highest BCUT2D eigenvalue weighted by molar-refractivity contribution is 7.09. The second-order valence-corrected chi connectivity index (χ2v) is 8.00. The summed E-state index contributed by atoms with van der Waals surface area (Å²) in [6.45, 7) is 3.11. The lowest BCUT2D eigenvalue weighted by Crippen LogP contribution is -2.45. The Hall–Kier alpha value is -2.10. The van der Waals surface area contributed by atoms with E-state index >= 15 is 0 Å². The molecule has 0 spiro atoms. The lowest BCUT2D eigenvalue weighted by atomic mass is 9.98. The summed E-state index contributed by atoms with van der Waals surface area (Å²) in [4.78, 5) is 22.4. The molecule has 146 valence electrons. The number of thiazole rings is 1. The van der Waals surface area contributed by atoms with E-state index in [0.29, 0.717) is 37.0 Å². The zero-order valence-corrected chi connectivity index (χ0v) is 15.6. The Balaban J connectivity index is 1.33. The van der Waals surface area contributed by atoms with Gasteiger partial charge >= 0.3 is 12.2 Å². The van der Waals surface area contributed by atoms with Crippen LogP contribution in [0.3, 0.4) is 0 Å². The number of imidazole rings is 1. The van der Waals surface area contributed by atoms with Crippen LogP contribution in [-0.4, -0.2) is 38.6 Å². The average Bonchev–Trinajstić information content (AvgIpc) is 3.34. The molecule has 4 heterocycles. The van der Waals surface area contributed by atoms with Crippen LogP contribution in [0.15, 0.2) is 17.8 Å². The molecular formula is C17H20F3N5OS. The van der Waals surface area contributed by atoms with Crippen molar-refractivity contribution >= 4 is 17.4 Å². The van der Waals surface area contributed by atoms with Gasteiger partial charge in [0.1, 0.15) is 5.82 Å². The van der Waals surface area contributed by atoms with Gasteiger partial charge in [-0.3, -0.25) is 0 Å². The van der Waals surface area contributed by atoms with Crippen molar-refractivity contribution in [2.75, 3.05) is 13.1 Å². The molecule has 0 unspecified atom stereocenters. The Bertz CT molecular complexity index is 825. The van der Waals surface area contributed by atoms with Gasteiger partial charge < -0.3 is 14.8 Å². The number of nitrogens with zero attached hydrogens (tertiary/aromatic N) is 4. The van der Waals surface area contributed by atoms with Crippen LogP contribution in [0, 0.1) is 0 Å². The molecule has 0 aliphatic carbocycles. The number of aromatic nitrogens is 3. The predicted molar refractivity (Wildman–Crippen MR) is 93.5 cm³/mol. The van der Waals surface area contributed by atoms with Gasteiger partial charge in [-0.05, 0) is 26.2 Å². The van der Waals surface area contributed by atoms with E-state index in [1.807, 2.05) is 6.20 Å². The lowest BCUT2D eigenvalue weighted by Gasteiger charge is -2.32. The molecule has 2 aromatic rings. The first-order valence-electron chi connectivity index (χ1n) is 8.93. The van der Waals surface area contributed by atoms with E-state index in [2.05, 4.69) is 26.8 Å². The van der Waals surface area contributed by atoms with Crippen LogP contribution in [0.2, 0.25) is 0 Å². The molecule has 0 saturated carbocycles. The van der Waals surface area contributed by atoms with E-state index in [9.17, 15) is 18.0 Å². The van der Waals surface area contributed by atoms with E-state index in [0.717, 1.165) is 29.0 Å². The number of halogens is 3. The lowest BCUT2D eigenvalue weighted by molar-refractivity contribution is -0.140. The number of urea groups is 1. The number of alkyl halides is 3. The number of hydrogen-bond donors (Lipinski definition) is 1. The smallest absolute Gasteiger partial charge is 0.330 e. The third-order valence-electron chi connectivity index (χ3n) is 5.30.